The van der Waals surface area contributed by atoms with Crippen molar-refractivity contribution >= 4 is 5.91 Å². The van der Waals surface area contributed by atoms with Gasteiger partial charge in [-0.25, -0.2) is 0 Å². The van der Waals surface area contributed by atoms with Gasteiger partial charge in [0.2, 0.25) is 0 Å². The minimum Gasteiger partial charge on any atom is -0.484 e. The second-order valence-electron chi connectivity index (χ2n) is 8.37. The minimum absolute atomic E-state index is 0.00783. The summed E-state index contributed by atoms with van der Waals surface area (Å²) in [6, 6.07) is 7.77. The largest absolute Gasteiger partial charge is 0.484 e. The van der Waals surface area contributed by atoms with Crippen LogP contribution in [0.3, 0.4) is 0 Å². The van der Waals surface area contributed by atoms with E-state index >= 15 is 0 Å². The zero-order chi connectivity index (χ0) is 21.2. The number of hydrogen-bond donors (Lipinski definition) is 1. The van der Waals surface area contributed by atoms with Gasteiger partial charge in [0.25, 0.3) is 5.91 Å². The number of carbonyl (C=O) groups excluding carboxylic acids is 1. The predicted molar refractivity (Wildman–Crippen MR) is 115 cm³/mol. The van der Waals surface area contributed by atoms with E-state index in [0.29, 0.717) is 51.3 Å². The average molecular weight is 421 g/mol. The van der Waals surface area contributed by atoms with Crippen molar-refractivity contribution in [3.05, 3.63) is 29.8 Å². The predicted octanol–water partition coefficient (Wildman–Crippen LogP) is 2.07. The van der Waals surface area contributed by atoms with E-state index in [0.717, 1.165) is 24.9 Å². The molecule has 0 bridgehead atoms. The first-order valence-corrected chi connectivity index (χ1v) is 11.2. The number of ether oxygens (including phenoxy) is 3. The van der Waals surface area contributed by atoms with Gasteiger partial charge in [-0.05, 0) is 37.6 Å². The lowest BCUT2D eigenvalue weighted by molar-refractivity contribution is -0.137. The summed E-state index contributed by atoms with van der Waals surface area (Å²) < 4.78 is 16.8. The van der Waals surface area contributed by atoms with Gasteiger partial charge in [0, 0.05) is 26.2 Å². The van der Waals surface area contributed by atoms with Gasteiger partial charge in [-0.3, -0.25) is 9.69 Å². The number of benzene rings is 1. The molecule has 2 fully saturated rings. The average Bonchev–Trinajstić information content (AvgIpc) is 2.78. The molecule has 7 nitrogen and oxygen atoms in total. The van der Waals surface area contributed by atoms with E-state index < -0.39 is 6.10 Å². The Morgan fingerprint density at radius 2 is 1.90 bits per heavy atom. The molecule has 1 amide bonds. The van der Waals surface area contributed by atoms with E-state index in [1.165, 1.54) is 19.3 Å². The van der Waals surface area contributed by atoms with Crippen LogP contribution >= 0.6 is 0 Å². The SMILES string of the molecule is CN(Cc1ccc(OCC(=O)N2CCOCC2)cc1)C[C@H](O)COC1CCCCC1. The molecular weight excluding hydrogens is 384 g/mol. The summed E-state index contributed by atoms with van der Waals surface area (Å²) in [5, 5.41) is 10.3. The van der Waals surface area contributed by atoms with Gasteiger partial charge >= 0.3 is 0 Å². The van der Waals surface area contributed by atoms with Crippen molar-refractivity contribution in [2.45, 2.75) is 50.9 Å². The Bertz CT molecular complexity index is 627. The molecule has 1 saturated carbocycles. The number of amides is 1. The minimum atomic E-state index is -0.481. The van der Waals surface area contributed by atoms with Crippen LogP contribution in [-0.4, -0.2) is 86.1 Å². The van der Waals surface area contributed by atoms with Gasteiger partial charge in [-0.1, -0.05) is 31.4 Å². The molecule has 1 aromatic rings. The summed E-state index contributed by atoms with van der Waals surface area (Å²) in [6.07, 6.45) is 5.86. The van der Waals surface area contributed by atoms with Crippen LogP contribution in [0.5, 0.6) is 5.75 Å². The first kappa shape index (κ1) is 23.0. The Morgan fingerprint density at radius 1 is 1.20 bits per heavy atom. The number of hydrogen-bond acceptors (Lipinski definition) is 6. The van der Waals surface area contributed by atoms with E-state index in [4.69, 9.17) is 14.2 Å². The number of aliphatic hydroxyl groups is 1. The van der Waals surface area contributed by atoms with Gasteiger partial charge in [-0.15, -0.1) is 0 Å². The number of nitrogens with zero attached hydrogens (tertiary/aromatic N) is 2. The third-order valence-corrected chi connectivity index (χ3v) is 5.70. The highest BCUT2D eigenvalue weighted by molar-refractivity contribution is 5.77. The third-order valence-electron chi connectivity index (χ3n) is 5.70. The summed E-state index contributed by atoms with van der Waals surface area (Å²) >= 11 is 0. The molecular formula is C23H36N2O5. The second kappa shape index (κ2) is 12.2. The number of carbonyl (C=O) groups is 1. The summed E-state index contributed by atoms with van der Waals surface area (Å²) in [6.45, 7) is 4.19. The second-order valence-corrected chi connectivity index (χ2v) is 8.37. The lowest BCUT2D eigenvalue weighted by Crippen LogP contribution is -2.42. The molecule has 0 radical (unpaired) electrons. The maximum absolute atomic E-state index is 12.1. The molecule has 0 aromatic heterocycles. The van der Waals surface area contributed by atoms with Gasteiger partial charge < -0.3 is 24.2 Å². The first-order chi connectivity index (χ1) is 14.6. The fourth-order valence-electron chi connectivity index (χ4n) is 4.01. The molecule has 3 rings (SSSR count). The maximum atomic E-state index is 12.1. The number of rotatable bonds is 10. The Morgan fingerprint density at radius 3 is 2.60 bits per heavy atom. The van der Waals surface area contributed by atoms with E-state index in [2.05, 4.69) is 4.90 Å². The third kappa shape index (κ3) is 7.87. The molecule has 1 atom stereocenters. The summed E-state index contributed by atoms with van der Waals surface area (Å²) in [5.74, 6) is 0.676. The first-order valence-electron chi connectivity index (χ1n) is 11.2. The highest BCUT2D eigenvalue weighted by Gasteiger charge is 2.18. The van der Waals surface area contributed by atoms with E-state index in [9.17, 15) is 9.90 Å². The maximum Gasteiger partial charge on any atom is 0.260 e. The molecule has 7 heteroatoms. The normalized spacial score (nSPS) is 19.1. The van der Waals surface area contributed by atoms with Crippen LogP contribution in [0, 0.1) is 0 Å². The van der Waals surface area contributed by atoms with Crippen LogP contribution in [0.4, 0.5) is 0 Å². The highest BCUT2D eigenvalue weighted by Crippen LogP contribution is 2.20. The number of likely N-dealkylation sites (N-methyl/N-ethyl adjacent to an activating group) is 1. The topological polar surface area (TPSA) is 71.5 Å². The van der Waals surface area contributed by atoms with E-state index in [1.54, 1.807) is 4.90 Å². The molecule has 1 aliphatic carbocycles. The Hall–Kier alpha value is -1.67. The molecule has 0 spiro atoms. The van der Waals surface area contributed by atoms with E-state index in [1.807, 2.05) is 31.3 Å². The quantitative estimate of drug-likeness (QED) is 0.625. The Balaban J connectivity index is 1.34. The number of morpholine rings is 1. The van der Waals surface area contributed by atoms with Crippen LogP contribution in [0.1, 0.15) is 37.7 Å². The Kier molecular flexibility index (Phi) is 9.39. The zero-order valence-electron chi connectivity index (χ0n) is 18.1. The molecule has 168 valence electrons. The smallest absolute Gasteiger partial charge is 0.260 e. The molecule has 0 unspecified atom stereocenters. The van der Waals surface area contributed by atoms with Gasteiger partial charge in [0.1, 0.15) is 5.75 Å². The van der Waals surface area contributed by atoms with Crippen molar-refractivity contribution in [2.24, 2.45) is 0 Å². The summed E-state index contributed by atoms with van der Waals surface area (Å²) in [5.41, 5.74) is 1.13. The van der Waals surface area contributed by atoms with Crippen molar-refractivity contribution in [3.63, 3.8) is 0 Å². The zero-order valence-corrected chi connectivity index (χ0v) is 18.1. The molecule has 1 N–H and O–H groups in total. The lowest BCUT2D eigenvalue weighted by atomic mass is 9.98. The molecule has 1 aliphatic heterocycles. The standard InChI is InChI=1S/C23H36N2O5/c1-24(16-20(26)17-29-21-5-3-2-4-6-21)15-19-7-9-22(10-8-19)30-18-23(27)25-11-13-28-14-12-25/h7-10,20-21,26H,2-6,11-18H2,1H3/t20-/m0/s1. The highest BCUT2D eigenvalue weighted by atomic mass is 16.5. The lowest BCUT2D eigenvalue weighted by Gasteiger charge is -2.26. The van der Waals surface area contributed by atoms with Crippen LogP contribution in [0.15, 0.2) is 24.3 Å². The van der Waals surface area contributed by atoms with Crippen LogP contribution in [0.2, 0.25) is 0 Å². The van der Waals surface area contributed by atoms with Gasteiger partial charge in [-0.2, -0.15) is 0 Å². The molecule has 30 heavy (non-hydrogen) atoms. The van der Waals surface area contributed by atoms with Crippen LogP contribution < -0.4 is 4.74 Å². The monoisotopic (exact) mass is 420 g/mol. The van der Waals surface area contributed by atoms with Gasteiger partial charge in [0.05, 0.1) is 32.0 Å². The van der Waals surface area contributed by atoms with Crippen LogP contribution in [0.25, 0.3) is 0 Å². The van der Waals surface area contributed by atoms with Gasteiger partial charge in [0.15, 0.2) is 6.61 Å². The van der Waals surface area contributed by atoms with Crippen molar-refractivity contribution < 1.29 is 24.1 Å². The number of aliphatic hydroxyl groups excluding tert-OH is 1. The fraction of sp³-hybridized carbons (Fsp3) is 0.696. The van der Waals surface area contributed by atoms with Crippen LogP contribution in [-0.2, 0) is 20.8 Å². The van der Waals surface area contributed by atoms with Crippen molar-refractivity contribution in [3.8, 4) is 5.75 Å². The molecule has 2 aliphatic rings. The summed E-state index contributed by atoms with van der Waals surface area (Å²) in [4.78, 5) is 16.0. The van der Waals surface area contributed by atoms with E-state index in [-0.39, 0.29) is 12.5 Å². The molecule has 1 heterocycles. The fourth-order valence-corrected chi connectivity index (χ4v) is 4.01. The Labute approximate surface area is 179 Å². The van der Waals surface area contributed by atoms with Crippen molar-refractivity contribution in [1.29, 1.82) is 0 Å². The van der Waals surface area contributed by atoms with Crippen molar-refractivity contribution in [2.75, 3.05) is 53.1 Å². The molecule has 1 saturated heterocycles. The summed E-state index contributed by atoms with van der Waals surface area (Å²) in [7, 11) is 2.00. The van der Waals surface area contributed by atoms with Crippen molar-refractivity contribution in [1.82, 2.24) is 9.80 Å². The molecule has 1 aromatic carbocycles.